The van der Waals surface area contributed by atoms with Gasteiger partial charge in [0.05, 0.1) is 0 Å². The normalized spacial score (nSPS) is 27.2. The van der Waals surface area contributed by atoms with Crippen molar-refractivity contribution >= 4 is 0 Å². The molecule has 1 fully saturated rings. The van der Waals surface area contributed by atoms with Gasteiger partial charge in [-0.2, -0.15) is 0 Å². The van der Waals surface area contributed by atoms with E-state index in [0.717, 1.165) is 24.4 Å². The number of nitrogens with one attached hydrogen (secondary N) is 1. The second kappa shape index (κ2) is 6.38. The van der Waals surface area contributed by atoms with Crippen LogP contribution in [-0.2, 0) is 0 Å². The highest BCUT2D eigenvalue weighted by molar-refractivity contribution is 4.92. The Balaban J connectivity index is 2.66. The summed E-state index contributed by atoms with van der Waals surface area (Å²) in [5.74, 6) is 1.55. The third-order valence-corrected chi connectivity index (χ3v) is 3.92. The first kappa shape index (κ1) is 16.0. The van der Waals surface area contributed by atoms with E-state index in [1.165, 1.54) is 19.5 Å². The molecule has 0 aliphatic carbocycles. The van der Waals surface area contributed by atoms with Gasteiger partial charge in [-0.1, -0.05) is 48.5 Å². The fourth-order valence-electron chi connectivity index (χ4n) is 2.90. The lowest BCUT2D eigenvalue weighted by Gasteiger charge is -2.46. The van der Waals surface area contributed by atoms with Crippen LogP contribution in [0.2, 0.25) is 0 Å². The third-order valence-electron chi connectivity index (χ3n) is 3.92. The van der Waals surface area contributed by atoms with E-state index in [1.54, 1.807) is 0 Å². The molecule has 1 heterocycles. The van der Waals surface area contributed by atoms with Crippen molar-refractivity contribution in [3.8, 4) is 0 Å². The molecule has 108 valence electrons. The molecular weight excluding hydrogens is 220 g/mol. The van der Waals surface area contributed by atoms with E-state index in [1.807, 2.05) is 0 Å². The lowest BCUT2D eigenvalue weighted by molar-refractivity contribution is 0.0659. The summed E-state index contributed by atoms with van der Waals surface area (Å²) in [6, 6.07) is 1.35. The van der Waals surface area contributed by atoms with Gasteiger partial charge in [0.15, 0.2) is 0 Å². The summed E-state index contributed by atoms with van der Waals surface area (Å²) in [7, 11) is 0. The molecular formula is C16H34N2. The summed E-state index contributed by atoms with van der Waals surface area (Å²) < 4.78 is 0. The molecule has 1 N–H and O–H groups in total. The number of nitrogens with zero attached hydrogens (tertiary/aromatic N) is 1. The smallest absolute Gasteiger partial charge is 0.0244 e. The molecule has 0 bridgehead atoms. The number of piperazine rings is 1. The molecule has 0 amide bonds. The Bertz CT molecular complexity index is 240. The Morgan fingerprint density at radius 1 is 1.11 bits per heavy atom. The number of hydrogen-bond donors (Lipinski definition) is 1. The molecule has 2 unspecified atom stereocenters. The van der Waals surface area contributed by atoms with Crippen LogP contribution in [0.15, 0.2) is 0 Å². The van der Waals surface area contributed by atoms with E-state index >= 15 is 0 Å². The Labute approximate surface area is 115 Å². The summed E-state index contributed by atoms with van der Waals surface area (Å²) in [5.41, 5.74) is 0.359. The van der Waals surface area contributed by atoms with E-state index in [0.29, 0.717) is 11.5 Å². The highest BCUT2D eigenvalue weighted by atomic mass is 15.2. The van der Waals surface area contributed by atoms with Crippen LogP contribution in [0.4, 0.5) is 0 Å². The van der Waals surface area contributed by atoms with E-state index in [-0.39, 0.29) is 0 Å². The summed E-state index contributed by atoms with van der Waals surface area (Å²) in [4.78, 5) is 2.73. The zero-order valence-corrected chi connectivity index (χ0v) is 13.6. The Hall–Kier alpha value is -0.0800. The van der Waals surface area contributed by atoms with Crippen molar-refractivity contribution < 1.29 is 0 Å². The van der Waals surface area contributed by atoms with Crippen molar-refractivity contribution in [1.29, 1.82) is 0 Å². The van der Waals surface area contributed by atoms with Crippen LogP contribution in [0.25, 0.3) is 0 Å². The van der Waals surface area contributed by atoms with Crippen LogP contribution in [0.3, 0.4) is 0 Å². The maximum atomic E-state index is 3.78. The fraction of sp³-hybridized carbons (Fsp3) is 1.00. The molecule has 0 aromatic rings. The third kappa shape index (κ3) is 4.89. The Kier molecular flexibility index (Phi) is 5.67. The highest BCUT2D eigenvalue weighted by Gasteiger charge is 2.34. The second-order valence-corrected chi connectivity index (χ2v) is 7.96. The molecule has 2 atom stereocenters. The zero-order chi connectivity index (χ0) is 13.9. The maximum Gasteiger partial charge on any atom is 0.0244 e. The molecule has 0 saturated carbocycles. The van der Waals surface area contributed by atoms with E-state index in [4.69, 9.17) is 0 Å². The van der Waals surface area contributed by atoms with Crippen molar-refractivity contribution in [3.05, 3.63) is 0 Å². The van der Waals surface area contributed by atoms with Gasteiger partial charge in [0, 0.05) is 31.7 Å². The van der Waals surface area contributed by atoms with Gasteiger partial charge in [-0.05, 0) is 23.7 Å². The predicted octanol–water partition coefficient (Wildman–Crippen LogP) is 3.38. The lowest BCUT2D eigenvalue weighted by atomic mass is 9.84. The van der Waals surface area contributed by atoms with Crippen molar-refractivity contribution in [2.75, 3.05) is 19.6 Å². The van der Waals surface area contributed by atoms with Crippen molar-refractivity contribution in [2.45, 2.75) is 67.0 Å². The van der Waals surface area contributed by atoms with Crippen LogP contribution < -0.4 is 5.32 Å². The highest BCUT2D eigenvalue weighted by Crippen LogP contribution is 2.25. The Morgan fingerprint density at radius 2 is 1.72 bits per heavy atom. The molecule has 0 aromatic carbocycles. The minimum absolute atomic E-state index is 0.359. The number of hydrogen-bond acceptors (Lipinski definition) is 2. The molecule has 18 heavy (non-hydrogen) atoms. The topological polar surface area (TPSA) is 15.3 Å². The molecule has 1 rings (SSSR count). The van der Waals surface area contributed by atoms with Crippen LogP contribution in [0.5, 0.6) is 0 Å². The monoisotopic (exact) mass is 254 g/mol. The largest absolute Gasteiger partial charge is 0.311 e. The lowest BCUT2D eigenvalue weighted by Crippen LogP contribution is -2.61. The van der Waals surface area contributed by atoms with Gasteiger partial charge >= 0.3 is 0 Å². The standard InChI is InChI=1S/C16H34N2/c1-12(2)8-14-9-17-15(16(5,6)7)11-18(14)10-13(3)4/h12-15,17H,8-11H2,1-7H3. The molecule has 0 spiro atoms. The quantitative estimate of drug-likeness (QED) is 0.827. The minimum atomic E-state index is 0.359. The van der Waals surface area contributed by atoms with E-state index in [9.17, 15) is 0 Å². The van der Waals surface area contributed by atoms with Crippen LogP contribution in [0, 0.1) is 17.3 Å². The van der Waals surface area contributed by atoms with Crippen molar-refractivity contribution in [2.24, 2.45) is 17.3 Å². The summed E-state index contributed by atoms with van der Waals surface area (Å²) >= 11 is 0. The van der Waals surface area contributed by atoms with E-state index < -0.39 is 0 Å². The van der Waals surface area contributed by atoms with Gasteiger partial charge in [-0.25, -0.2) is 0 Å². The van der Waals surface area contributed by atoms with E-state index in [2.05, 4.69) is 58.7 Å². The minimum Gasteiger partial charge on any atom is -0.311 e. The van der Waals surface area contributed by atoms with Gasteiger partial charge in [0.1, 0.15) is 0 Å². The molecule has 1 aliphatic heterocycles. The SMILES string of the molecule is CC(C)CC1CNC(C(C)(C)C)CN1CC(C)C. The first-order chi connectivity index (χ1) is 8.20. The zero-order valence-electron chi connectivity index (χ0n) is 13.6. The van der Waals surface area contributed by atoms with Crippen molar-refractivity contribution in [1.82, 2.24) is 10.2 Å². The van der Waals surface area contributed by atoms with Gasteiger partial charge in [0.2, 0.25) is 0 Å². The van der Waals surface area contributed by atoms with Gasteiger partial charge in [-0.15, -0.1) is 0 Å². The van der Waals surface area contributed by atoms with Crippen LogP contribution in [0.1, 0.15) is 54.9 Å². The Morgan fingerprint density at radius 3 is 2.17 bits per heavy atom. The molecule has 0 aromatic heterocycles. The first-order valence-electron chi connectivity index (χ1n) is 7.67. The first-order valence-corrected chi connectivity index (χ1v) is 7.67. The summed E-state index contributed by atoms with van der Waals surface area (Å²) in [6.45, 7) is 20.0. The average Bonchev–Trinajstić information content (AvgIpc) is 2.17. The maximum absolute atomic E-state index is 3.78. The molecule has 1 saturated heterocycles. The van der Waals surface area contributed by atoms with Crippen LogP contribution in [-0.4, -0.2) is 36.6 Å². The van der Waals surface area contributed by atoms with Gasteiger partial charge in [0.25, 0.3) is 0 Å². The second-order valence-electron chi connectivity index (χ2n) is 7.96. The predicted molar refractivity (Wildman–Crippen MR) is 80.9 cm³/mol. The van der Waals surface area contributed by atoms with Crippen molar-refractivity contribution in [3.63, 3.8) is 0 Å². The molecule has 0 radical (unpaired) electrons. The van der Waals surface area contributed by atoms with Gasteiger partial charge < -0.3 is 5.32 Å². The molecule has 1 aliphatic rings. The average molecular weight is 254 g/mol. The fourth-order valence-corrected chi connectivity index (χ4v) is 2.90. The number of rotatable bonds is 4. The summed E-state index contributed by atoms with van der Waals surface area (Å²) in [6.07, 6.45) is 1.32. The van der Waals surface area contributed by atoms with Crippen LogP contribution >= 0.6 is 0 Å². The summed E-state index contributed by atoms with van der Waals surface area (Å²) in [5, 5.41) is 3.78. The molecule has 2 heteroatoms. The molecule has 2 nitrogen and oxygen atoms in total. The van der Waals surface area contributed by atoms with Gasteiger partial charge in [-0.3, -0.25) is 4.90 Å².